The summed E-state index contributed by atoms with van der Waals surface area (Å²) in [6.45, 7) is 20.1. The molecule has 2 atom stereocenters. The molecular formula is C20H36O4Si2. The topological polar surface area (TPSA) is 36.9 Å². The van der Waals surface area contributed by atoms with E-state index < -0.39 is 21.9 Å². The first kappa shape index (κ1) is 21.5. The normalized spacial score (nSPS) is 23.2. The molecule has 0 spiro atoms. The van der Waals surface area contributed by atoms with Gasteiger partial charge < -0.3 is 18.9 Å². The number of hydrogen-bond acceptors (Lipinski definition) is 4. The zero-order valence-corrected chi connectivity index (χ0v) is 20.4. The van der Waals surface area contributed by atoms with E-state index in [-0.39, 0.29) is 12.2 Å². The van der Waals surface area contributed by atoms with Crippen LogP contribution < -0.4 is 19.8 Å². The minimum Gasteiger partial charge on any atom is -0.497 e. The van der Waals surface area contributed by atoms with E-state index in [2.05, 4.69) is 52.3 Å². The van der Waals surface area contributed by atoms with E-state index in [1.807, 2.05) is 13.8 Å². The Morgan fingerprint density at radius 2 is 1.42 bits per heavy atom. The van der Waals surface area contributed by atoms with Gasteiger partial charge in [-0.25, -0.2) is 0 Å². The molecule has 1 heterocycles. The van der Waals surface area contributed by atoms with Crippen molar-refractivity contribution in [2.75, 3.05) is 14.2 Å². The van der Waals surface area contributed by atoms with Crippen LogP contribution in [0.3, 0.4) is 0 Å². The molecule has 4 nitrogen and oxygen atoms in total. The van der Waals surface area contributed by atoms with Gasteiger partial charge in [-0.3, -0.25) is 0 Å². The Bertz CT molecular complexity index is 672. The first-order valence-corrected chi connectivity index (χ1v) is 16.4. The van der Waals surface area contributed by atoms with Crippen LogP contribution in [-0.2, 0) is 9.47 Å². The lowest BCUT2D eigenvalue weighted by atomic mass is 10.0. The molecule has 0 amide bonds. The van der Waals surface area contributed by atoms with Gasteiger partial charge >= 0.3 is 0 Å². The van der Waals surface area contributed by atoms with E-state index in [0.29, 0.717) is 0 Å². The number of methoxy groups -OCH3 is 2. The zero-order valence-electron chi connectivity index (χ0n) is 18.4. The van der Waals surface area contributed by atoms with Crippen LogP contribution in [0.15, 0.2) is 6.07 Å². The van der Waals surface area contributed by atoms with Gasteiger partial charge in [0.2, 0.25) is 0 Å². The molecule has 1 saturated heterocycles. The fourth-order valence-corrected chi connectivity index (χ4v) is 7.92. The molecule has 1 aromatic carbocycles. The summed E-state index contributed by atoms with van der Waals surface area (Å²) < 4.78 is 24.3. The summed E-state index contributed by atoms with van der Waals surface area (Å²) in [5.74, 6) is 1.34. The maximum atomic E-state index is 6.31. The molecule has 1 aliphatic heterocycles. The molecule has 0 radical (unpaired) electrons. The number of hydrogen-bond donors (Lipinski definition) is 0. The van der Waals surface area contributed by atoms with Gasteiger partial charge in [0, 0.05) is 5.19 Å². The van der Waals surface area contributed by atoms with Crippen LogP contribution in [0.2, 0.25) is 39.3 Å². The zero-order chi connectivity index (χ0) is 20.1. The summed E-state index contributed by atoms with van der Waals surface area (Å²) in [6, 6.07) is 2.19. The summed E-state index contributed by atoms with van der Waals surface area (Å²) in [7, 11) is 0.120. The van der Waals surface area contributed by atoms with Crippen LogP contribution in [0.25, 0.3) is 0 Å². The number of benzene rings is 1. The average Bonchev–Trinajstić information content (AvgIpc) is 2.75. The van der Waals surface area contributed by atoms with Crippen molar-refractivity contribution in [1.29, 1.82) is 0 Å². The minimum atomic E-state index is -1.73. The van der Waals surface area contributed by atoms with Crippen LogP contribution >= 0.6 is 0 Å². The Hall–Kier alpha value is -0.826. The van der Waals surface area contributed by atoms with Crippen molar-refractivity contribution in [3.05, 3.63) is 11.6 Å². The van der Waals surface area contributed by atoms with Gasteiger partial charge in [0.25, 0.3) is 0 Å². The summed E-state index contributed by atoms with van der Waals surface area (Å²) in [5, 5.41) is 2.59. The fourth-order valence-electron chi connectivity index (χ4n) is 3.98. The highest BCUT2D eigenvalue weighted by Crippen LogP contribution is 2.40. The van der Waals surface area contributed by atoms with Crippen LogP contribution in [0.5, 0.6) is 11.5 Å². The molecule has 2 rings (SSSR count). The van der Waals surface area contributed by atoms with Gasteiger partial charge in [-0.05, 0) is 37.6 Å². The summed E-state index contributed by atoms with van der Waals surface area (Å²) in [6.07, 6.45) is -0.141. The molecule has 0 N–H and O–H groups in total. The lowest BCUT2D eigenvalue weighted by Crippen LogP contribution is -2.49. The van der Waals surface area contributed by atoms with Crippen molar-refractivity contribution in [1.82, 2.24) is 0 Å². The van der Waals surface area contributed by atoms with E-state index in [1.54, 1.807) is 14.2 Å². The largest absolute Gasteiger partial charge is 0.497 e. The Labute approximate surface area is 161 Å². The van der Waals surface area contributed by atoms with Crippen LogP contribution in [-0.4, -0.2) is 42.3 Å². The second kappa shape index (κ2) is 6.96. The lowest BCUT2D eigenvalue weighted by molar-refractivity contribution is -0.145. The van der Waals surface area contributed by atoms with E-state index in [0.717, 1.165) is 17.1 Å². The summed E-state index contributed by atoms with van der Waals surface area (Å²) in [5.41, 5.74) is 1.16. The third kappa shape index (κ3) is 4.03. The van der Waals surface area contributed by atoms with Gasteiger partial charge in [0.05, 0.1) is 36.5 Å². The highest BCUT2D eigenvalue weighted by Gasteiger charge is 2.44. The Kier molecular flexibility index (Phi) is 5.75. The van der Waals surface area contributed by atoms with Crippen LogP contribution in [0, 0.1) is 0 Å². The third-order valence-corrected chi connectivity index (χ3v) is 8.80. The van der Waals surface area contributed by atoms with Crippen molar-refractivity contribution in [2.45, 2.75) is 78.0 Å². The quantitative estimate of drug-likeness (QED) is 0.705. The standard InChI is InChI=1S/C20H36O4Si2/c1-13-16(24-20(2,3)23-13)14-12-15(21-4)19(26(9,10)11)17(22-5)18(14)25(6,7)8/h12-13,16H,1-11H3/t13-,16+/m0/s1. The molecule has 0 aromatic heterocycles. The molecule has 26 heavy (non-hydrogen) atoms. The molecule has 148 valence electrons. The molecule has 1 aliphatic rings. The molecule has 0 aliphatic carbocycles. The predicted molar refractivity (Wildman–Crippen MR) is 114 cm³/mol. The van der Waals surface area contributed by atoms with E-state index in [4.69, 9.17) is 18.9 Å². The Morgan fingerprint density at radius 3 is 1.77 bits per heavy atom. The van der Waals surface area contributed by atoms with Crippen molar-refractivity contribution in [3.63, 3.8) is 0 Å². The number of rotatable bonds is 5. The molecule has 0 bridgehead atoms. The molecule has 1 fully saturated rings. The second-order valence-electron chi connectivity index (χ2n) is 9.71. The molecule has 0 unspecified atom stereocenters. The first-order chi connectivity index (χ1) is 11.7. The van der Waals surface area contributed by atoms with E-state index in [1.165, 1.54) is 10.4 Å². The maximum absolute atomic E-state index is 6.31. The van der Waals surface area contributed by atoms with Gasteiger partial charge in [0.1, 0.15) is 17.6 Å². The van der Waals surface area contributed by atoms with Gasteiger partial charge in [0.15, 0.2) is 5.79 Å². The monoisotopic (exact) mass is 396 g/mol. The second-order valence-corrected chi connectivity index (χ2v) is 19.7. The SMILES string of the molecule is COc1cc([C@@H]2OC(C)(C)O[C@H]2C)c([Si](C)(C)C)c(OC)c1[Si](C)(C)C. The fraction of sp³-hybridized carbons (Fsp3) is 0.700. The predicted octanol–water partition coefficient (Wildman–Crippen LogP) is 4.01. The number of ether oxygens (including phenoxy) is 4. The van der Waals surface area contributed by atoms with Crippen molar-refractivity contribution in [2.24, 2.45) is 0 Å². The van der Waals surface area contributed by atoms with E-state index >= 15 is 0 Å². The molecule has 6 heteroatoms. The minimum absolute atomic E-state index is 0.0211. The highest BCUT2D eigenvalue weighted by molar-refractivity contribution is 6.93. The van der Waals surface area contributed by atoms with Crippen molar-refractivity contribution >= 4 is 26.5 Å². The van der Waals surface area contributed by atoms with Crippen LogP contribution in [0.4, 0.5) is 0 Å². The smallest absolute Gasteiger partial charge is 0.164 e. The maximum Gasteiger partial charge on any atom is 0.164 e. The summed E-state index contributed by atoms with van der Waals surface area (Å²) in [4.78, 5) is 0. The van der Waals surface area contributed by atoms with Crippen molar-refractivity contribution < 1.29 is 18.9 Å². The van der Waals surface area contributed by atoms with Gasteiger partial charge in [-0.2, -0.15) is 0 Å². The summed E-state index contributed by atoms with van der Waals surface area (Å²) >= 11 is 0. The molecule has 0 saturated carbocycles. The first-order valence-electron chi connectivity index (χ1n) is 9.38. The molecular weight excluding hydrogens is 360 g/mol. The molecule has 1 aromatic rings. The Balaban J connectivity index is 2.85. The van der Waals surface area contributed by atoms with Crippen LogP contribution in [0.1, 0.15) is 32.4 Å². The third-order valence-electron chi connectivity index (χ3n) is 4.81. The van der Waals surface area contributed by atoms with Gasteiger partial charge in [-0.1, -0.05) is 39.3 Å². The van der Waals surface area contributed by atoms with Crippen molar-refractivity contribution in [3.8, 4) is 11.5 Å². The van der Waals surface area contributed by atoms with Gasteiger partial charge in [-0.15, -0.1) is 0 Å². The van der Waals surface area contributed by atoms with E-state index in [9.17, 15) is 0 Å². The lowest BCUT2D eigenvalue weighted by Gasteiger charge is -2.33. The highest BCUT2D eigenvalue weighted by atomic mass is 28.3. The Morgan fingerprint density at radius 1 is 0.885 bits per heavy atom. The average molecular weight is 397 g/mol.